The maximum Gasteiger partial charge on any atom is 0.308 e. The fourth-order valence-electron chi connectivity index (χ4n) is 6.90. The maximum absolute atomic E-state index is 13.5. The molecule has 8 heteroatoms. The van der Waals surface area contributed by atoms with Crippen molar-refractivity contribution in [2.45, 2.75) is 75.5 Å². The van der Waals surface area contributed by atoms with E-state index in [9.17, 15) is 19.8 Å². The van der Waals surface area contributed by atoms with Crippen molar-refractivity contribution < 1.29 is 19.8 Å². The Labute approximate surface area is 206 Å². The topological polar surface area (TPSA) is 103 Å². The van der Waals surface area contributed by atoms with E-state index < -0.39 is 11.6 Å². The lowest BCUT2D eigenvalue weighted by atomic mass is 9.52. The number of carbonyl (C=O) groups excluding carboxylic acids is 1. The molecule has 1 aromatic rings. The molecule has 0 spiro atoms. The summed E-state index contributed by atoms with van der Waals surface area (Å²) < 4.78 is 0. The molecule has 2 heterocycles. The first-order valence-corrected chi connectivity index (χ1v) is 13.8. The van der Waals surface area contributed by atoms with Gasteiger partial charge in [0.1, 0.15) is 10.8 Å². The van der Waals surface area contributed by atoms with Crippen molar-refractivity contribution >= 4 is 29.5 Å². The molecule has 4 saturated carbocycles. The third-order valence-electron chi connectivity index (χ3n) is 8.42. The Morgan fingerprint density at radius 2 is 1.97 bits per heavy atom. The van der Waals surface area contributed by atoms with Gasteiger partial charge < -0.3 is 20.4 Å². The van der Waals surface area contributed by atoms with Crippen molar-refractivity contribution in [1.29, 1.82) is 0 Å². The van der Waals surface area contributed by atoms with E-state index in [1.54, 1.807) is 11.8 Å². The van der Waals surface area contributed by atoms with Gasteiger partial charge in [-0.25, -0.2) is 4.98 Å². The summed E-state index contributed by atoms with van der Waals surface area (Å²) in [6.07, 6.45) is 6.41. The molecule has 1 aromatic heterocycles. The van der Waals surface area contributed by atoms with E-state index in [0.29, 0.717) is 48.7 Å². The van der Waals surface area contributed by atoms with Gasteiger partial charge in [0, 0.05) is 19.1 Å². The molecule has 0 aromatic carbocycles. The highest BCUT2D eigenvalue weighted by atomic mass is 32.2. The average molecular weight is 488 g/mol. The number of carboxylic acids is 1. The van der Waals surface area contributed by atoms with Gasteiger partial charge in [-0.15, -0.1) is 11.8 Å². The van der Waals surface area contributed by atoms with E-state index in [4.69, 9.17) is 4.98 Å². The number of thioether (sulfide) groups is 1. The van der Waals surface area contributed by atoms with Crippen LogP contribution in [0.4, 0.5) is 5.82 Å². The summed E-state index contributed by atoms with van der Waals surface area (Å²) in [7, 11) is 0. The summed E-state index contributed by atoms with van der Waals surface area (Å²) in [5, 5.41) is 24.3. The molecule has 3 unspecified atom stereocenters. The molecule has 4 aliphatic carbocycles. The zero-order chi connectivity index (χ0) is 24.0. The number of amides is 1. The van der Waals surface area contributed by atoms with Crippen LogP contribution in [0.15, 0.2) is 17.2 Å². The number of carboxylic acid groups (broad SMARTS) is 1. The quantitative estimate of drug-likeness (QED) is 0.479. The van der Waals surface area contributed by atoms with Crippen LogP contribution in [-0.4, -0.2) is 57.6 Å². The number of rotatable bonds is 8. The minimum absolute atomic E-state index is 0.0691. The number of hydrogen-bond donors (Lipinski definition) is 3. The van der Waals surface area contributed by atoms with Crippen molar-refractivity contribution in [1.82, 2.24) is 10.3 Å². The number of hydrogen-bond acceptors (Lipinski definition) is 6. The van der Waals surface area contributed by atoms with Crippen LogP contribution in [0.25, 0.3) is 0 Å². The lowest BCUT2D eigenvalue weighted by Gasteiger charge is -2.58. The van der Waals surface area contributed by atoms with Crippen LogP contribution < -0.4 is 10.2 Å². The molecule has 34 heavy (non-hydrogen) atoms. The van der Waals surface area contributed by atoms with Gasteiger partial charge in [-0.1, -0.05) is 13.8 Å². The minimum Gasteiger partial charge on any atom is -0.481 e. The standard InChI is InChI=1S/C26H37N3O4S/c1-15(2)6-8-34-24-20(3-4-21(27-24)29-7-5-17(14-29)25(31)32)23(30)28-22-18-9-16-10-19(22)13-26(33,11-16)12-18/h3-4,15-19,22,33H,5-14H2,1-2H3,(H,28,30)(H,31,32)/t16?,17?,18?,19?,22-,26+. The Bertz CT molecular complexity index is 938. The normalized spacial score (nSPS) is 34.1. The van der Waals surface area contributed by atoms with Crippen LogP contribution in [0, 0.1) is 29.6 Å². The lowest BCUT2D eigenvalue weighted by Crippen LogP contribution is -2.61. The fourth-order valence-corrected chi connectivity index (χ4v) is 8.15. The second kappa shape index (κ2) is 9.34. The number of aromatic nitrogens is 1. The zero-order valence-electron chi connectivity index (χ0n) is 20.2. The summed E-state index contributed by atoms with van der Waals surface area (Å²) in [6, 6.07) is 3.87. The molecular weight excluding hydrogens is 450 g/mol. The number of aliphatic hydroxyl groups is 1. The monoisotopic (exact) mass is 487 g/mol. The fraction of sp³-hybridized carbons (Fsp3) is 0.731. The van der Waals surface area contributed by atoms with Crippen LogP contribution in [0.1, 0.15) is 69.2 Å². The van der Waals surface area contributed by atoms with E-state index in [-0.39, 0.29) is 17.9 Å². The van der Waals surface area contributed by atoms with Crippen LogP contribution in [0.5, 0.6) is 0 Å². The van der Waals surface area contributed by atoms with Crippen molar-refractivity contribution in [2.75, 3.05) is 23.7 Å². The second-order valence-corrected chi connectivity index (χ2v) is 12.6. The minimum atomic E-state index is -0.759. The zero-order valence-corrected chi connectivity index (χ0v) is 21.0. The van der Waals surface area contributed by atoms with Gasteiger partial charge in [-0.2, -0.15) is 0 Å². The molecular formula is C26H37N3O4S. The number of aliphatic carboxylic acids is 1. The van der Waals surface area contributed by atoms with Crippen LogP contribution in [0.2, 0.25) is 0 Å². The molecule has 5 aliphatic rings. The van der Waals surface area contributed by atoms with Gasteiger partial charge >= 0.3 is 5.97 Å². The van der Waals surface area contributed by atoms with E-state index in [0.717, 1.165) is 55.1 Å². The van der Waals surface area contributed by atoms with Gasteiger partial charge in [0.05, 0.1) is 17.1 Å². The molecule has 7 nitrogen and oxygen atoms in total. The molecule has 3 atom stereocenters. The first-order valence-electron chi connectivity index (χ1n) is 12.9. The van der Waals surface area contributed by atoms with Crippen LogP contribution in [-0.2, 0) is 4.79 Å². The van der Waals surface area contributed by atoms with Gasteiger partial charge in [-0.3, -0.25) is 9.59 Å². The number of nitrogens with one attached hydrogen (secondary N) is 1. The Kier molecular flexibility index (Phi) is 6.57. The molecule has 186 valence electrons. The highest BCUT2D eigenvalue weighted by Gasteiger charge is 2.55. The maximum atomic E-state index is 13.5. The predicted octanol–water partition coefficient (Wildman–Crippen LogP) is 3.80. The Morgan fingerprint density at radius 3 is 2.59 bits per heavy atom. The van der Waals surface area contributed by atoms with Crippen LogP contribution >= 0.6 is 11.8 Å². The molecule has 3 N–H and O–H groups in total. The van der Waals surface area contributed by atoms with Crippen molar-refractivity contribution in [3.8, 4) is 0 Å². The molecule has 1 aliphatic heterocycles. The summed E-state index contributed by atoms with van der Waals surface area (Å²) in [6.45, 7) is 5.50. The molecule has 5 fully saturated rings. The van der Waals surface area contributed by atoms with Crippen LogP contribution in [0.3, 0.4) is 0 Å². The van der Waals surface area contributed by atoms with E-state index in [1.807, 2.05) is 17.0 Å². The Balaban J connectivity index is 1.33. The summed E-state index contributed by atoms with van der Waals surface area (Å²) in [4.78, 5) is 31.8. The smallest absolute Gasteiger partial charge is 0.308 e. The van der Waals surface area contributed by atoms with Gasteiger partial charge in [-0.05, 0) is 86.5 Å². The summed E-state index contributed by atoms with van der Waals surface area (Å²) in [5.41, 5.74) is 0.0986. The van der Waals surface area contributed by atoms with Crippen molar-refractivity contribution in [2.24, 2.45) is 29.6 Å². The van der Waals surface area contributed by atoms with E-state index in [1.165, 1.54) is 0 Å². The highest BCUT2D eigenvalue weighted by molar-refractivity contribution is 7.99. The molecule has 0 radical (unpaired) electrons. The third-order valence-corrected chi connectivity index (χ3v) is 9.45. The van der Waals surface area contributed by atoms with Gasteiger partial charge in [0.2, 0.25) is 0 Å². The molecule has 6 rings (SSSR count). The summed E-state index contributed by atoms with van der Waals surface area (Å²) in [5.74, 6) is 2.35. The van der Waals surface area contributed by atoms with Gasteiger partial charge in [0.15, 0.2) is 0 Å². The first kappa shape index (κ1) is 23.9. The first-order chi connectivity index (χ1) is 16.2. The summed E-state index contributed by atoms with van der Waals surface area (Å²) >= 11 is 1.62. The molecule has 1 saturated heterocycles. The van der Waals surface area contributed by atoms with E-state index in [2.05, 4.69) is 19.2 Å². The number of pyridine rings is 1. The number of carbonyl (C=O) groups is 2. The number of nitrogens with zero attached hydrogens (tertiary/aromatic N) is 2. The highest BCUT2D eigenvalue weighted by Crippen LogP contribution is 2.55. The number of anilines is 1. The largest absolute Gasteiger partial charge is 0.481 e. The predicted molar refractivity (Wildman–Crippen MR) is 132 cm³/mol. The van der Waals surface area contributed by atoms with Crippen molar-refractivity contribution in [3.63, 3.8) is 0 Å². The molecule has 4 bridgehead atoms. The van der Waals surface area contributed by atoms with Crippen molar-refractivity contribution in [3.05, 3.63) is 17.7 Å². The third kappa shape index (κ3) is 4.81. The molecule has 1 amide bonds. The van der Waals surface area contributed by atoms with E-state index >= 15 is 0 Å². The average Bonchev–Trinajstić information content (AvgIpc) is 3.25. The second-order valence-electron chi connectivity index (χ2n) is 11.5. The van der Waals surface area contributed by atoms with Gasteiger partial charge in [0.25, 0.3) is 5.91 Å². The Morgan fingerprint density at radius 1 is 1.24 bits per heavy atom. The SMILES string of the molecule is CC(C)CCSc1nc(N2CCC(C(=O)O)C2)ccc1C(=O)N[C@H]1C2CC3CC1C[C@@](O)(C3)C2. The lowest BCUT2D eigenvalue weighted by molar-refractivity contribution is -0.141. The Hall–Kier alpha value is -1.80.